The number of benzene rings is 2. The lowest BCUT2D eigenvalue weighted by molar-refractivity contribution is 0.372. The number of rotatable bonds is 4. The average Bonchev–Trinajstić information content (AvgIpc) is 2.47. The first-order valence-corrected chi connectivity index (χ1v) is 7.30. The Labute approximate surface area is 136 Å². The summed E-state index contributed by atoms with van der Waals surface area (Å²) in [6.45, 7) is 1.92. The summed E-state index contributed by atoms with van der Waals surface area (Å²) in [7, 11) is 1.50. The molecule has 4 nitrogen and oxygen atoms in total. The fourth-order valence-electron chi connectivity index (χ4n) is 1.73. The fourth-order valence-corrected chi connectivity index (χ4v) is 2.36. The summed E-state index contributed by atoms with van der Waals surface area (Å²) in [6.07, 6.45) is 1.63. The molecule has 110 valence electrons. The molecule has 2 aromatic rings. The highest BCUT2D eigenvalue weighted by Crippen LogP contribution is 2.34. The monoisotopic (exact) mass is 368 g/mol. The number of nitrogens with zero attached hydrogens (tertiary/aromatic N) is 1. The zero-order valence-electron chi connectivity index (χ0n) is 11.5. The van der Waals surface area contributed by atoms with Gasteiger partial charge in [-0.2, -0.15) is 5.10 Å². The maximum atomic E-state index is 9.75. The minimum Gasteiger partial charge on any atom is -0.503 e. The first-order valence-electron chi connectivity index (χ1n) is 6.13. The molecule has 0 amide bonds. The summed E-state index contributed by atoms with van der Waals surface area (Å²) in [5, 5.41) is 14.6. The van der Waals surface area contributed by atoms with E-state index in [1.54, 1.807) is 18.3 Å². The van der Waals surface area contributed by atoms with Crippen molar-refractivity contribution in [1.29, 1.82) is 0 Å². The average molecular weight is 370 g/mol. The number of phenolic OH excluding ortho intramolecular Hbond substituents is 1. The van der Waals surface area contributed by atoms with E-state index in [9.17, 15) is 5.11 Å². The van der Waals surface area contributed by atoms with Crippen LogP contribution in [0.3, 0.4) is 0 Å². The van der Waals surface area contributed by atoms with E-state index >= 15 is 0 Å². The second kappa shape index (κ2) is 6.83. The first-order chi connectivity index (χ1) is 10.0. The van der Waals surface area contributed by atoms with Crippen LogP contribution in [0.1, 0.15) is 11.1 Å². The van der Waals surface area contributed by atoms with Gasteiger partial charge in [-0.1, -0.05) is 17.7 Å². The molecular formula is C15H14BrClN2O2. The Morgan fingerprint density at radius 3 is 2.86 bits per heavy atom. The second-order valence-electron chi connectivity index (χ2n) is 4.34. The van der Waals surface area contributed by atoms with Crippen molar-refractivity contribution in [3.63, 3.8) is 0 Å². The van der Waals surface area contributed by atoms with Crippen LogP contribution in [0.25, 0.3) is 0 Å². The Kier molecular flexibility index (Phi) is 5.09. The molecule has 2 rings (SSSR count). The normalized spacial score (nSPS) is 10.9. The lowest BCUT2D eigenvalue weighted by Gasteiger charge is -2.07. The van der Waals surface area contributed by atoms with Crippen LogP contribution in [0.5, 0.6) is 11.5 Å². The maximum absolute atomic E-state index is 9.75. The number of methoxy groups -OCH3 is 1. The second-order valence-corrected chi connectivity index (χ2v) is 5.60. The maximum Gasteiger partial charge on any atom is 0.172 e. The van der Waals surface area contributed by atoms with E-state index in [1.165, 1.54) is 7.11 Å². The Bertz CT molecular complexity index is 690. The number of hydrogen-bond acceptors (Lipinski definition) is 4. The van der Waals surface area contributed by atoms with Crippen molar-refractivity contribution in [3.8, 4) is 11.5 Å². The van der Waals surface area contributed by atoms with Crippen LogP contribution in [-0.4, -0.2) is 18.4 Å². The molecule has 0 aliphatic rings. The standard InChI is InChI=1S/C15H14BrClN2O2/c1-9-12(17)4-3-5-13(9)19-18-8-10-6-11(16)15(20)14(7-10)21-2/h3-8,19-20H,1-2H3/b18-8-. The van der Waals surface area contributed by atoms with Crippen LogP contribution in [0.2, 0.25) is 5.02 Å². The Hall–Kier alpha value is -1.72. The molecule has 2 aromatic carbocycles. The number of halogens is 2. The van der Waals surface area contributed by atoms with Crippen molar-refractivity contribution in [1.82, 2.24) is 0 Å². The number of nitrogens with one attached hydrogen (secondary N) is 1. The third kappa shape index (κ3) is 3.68. The van der Waals surface area contributed by atoms with Gasteiger partial charge in [0.15, 0.2) is 11.5 Å². The Morgan fingerprint density at radius 2 is 2.14 bits per heavy atom. The summed E-state index contributed by atoms with van der Waals surface area (Å²) < 4.78 is 5.63. The highest BCUT2D eigenvalue weighted by Gasteiger charge is 2.07. The van der Waals surface area contributed by atoms with Crippen molar-refractivity contribution in [3.05, 3.63) is 51.0 Å². The molecular weight excluding hydrogens is 356 g/mol. The molecule has 0 aliphatic heterocycles. The third-order valence-corrected chi connectivity index (χ3v) is 3.95. The quantitative estimate of drug-likeness (QED) is 0.613. The van der Waals surface area contributed by atoms with Crippen molar-refractivity contribution in [2.24, 2.45) is 5.10 Å². The number of hydrazone groups is 1. The van der Waals surface area contributed by atoms with Crippen LogP contribution < -0.4 is 10.2 Å². The van der Waals surface area contributed by atoms with Gasteiger partial charge in [-0.05, 0) is 58.2 Å². The summed E-state index contributed by atoms with van der Waals surface area (Å²) in [4.78, 5) is 0. The molecule has 0 saturated carbocycles. The van der Waals surface area contributed by atoms with Gasteiger partial charge in [-0.15, -0.1) is 0 Å². The Morgan fingerprint density at radius 1 is 1.38 bits per heavy atom. The van der Waals surface area contributed by atoms with Gasteiger partial charge >= 0.3 is 0 Å². The van der Waals surface area contributed by atoms with Gasteiger partial charge in [0.05, 0.1) is 23.5 Å². The fraction of sp³-hybridized carbons (Fsp3) is 0.133. The molecule has 6 heteroatoms. The highest BCUT2D eigenvalue weighted by molar-refractivity contribution is 9.10. The van der Waals surface area contributed by atoms with E-state index < -0.39 is 0 Å². The van der Waals surface area contributed by atoms with Crippen molar-refractivity contribution < 1.29 is 9.84 Å². The predicted molar refractivity (Wildman–Crippen MR) is 89.8 cm³/mol. The van der Waals surface area contributed by atoms with Crippen molar-refractivity contribution in [2.45, 2.75) is 6.92 Å². The number of hydrogen-bond donors (Lipinski definition) is 2. The van der Waals surface area contributed by atoms with Crippen LogP contribution in [0, 0.1) is 6.92 Å². The van der Waals surface area contributed by atoms with E-state index in [2.05, 4.69) is 26.5 Å². The summed E-state index contributed by atoms with van der Waals surface area (Å²) >= 11 is 9.31. The highest BCUT2D eigenvalue weighted by atomic mass is 79.9. The van der Waals surface area contributed by atoms with Crippen LogP contribution in [0.15, 0.2) is 39.9 Å². The molecule has 0 fully saturated rings. The zero-order valence-corrected chi connectivity index (χ0v) is 13.9. The van der Waals surface area contributed by atoms with Gasteiger partial charge in [0.25, 0.3) is 0 Å². The number of anilines is 1. The van der Waals surface area contributed by atoms with Gasteiger partial charge in [-0.3, -0.25) is 5.43 Å². The SMILES string of the molecule is COc1cc(/C=N\Nc2cccc(Cl)c2C)cc(Br)c1O. The summed E-state index contributed by atoms with van der Waals surface area (Å²) in [6, 6.07) is 9.01. The van der Waals surface area contributed by atoms with Crippen molar-refractivity contribution in [2.75, 3.05) is 12.5 Å². The summed E-state index contributed by atoms with van der Waals surface area (Å²) in [5.74, 6) is 0.443. The largest absolute Gasteiger partial charge is 0.503 e. The van der Waals surface area contributed by atoms with Gasteiger partial charge < -0.3 is 9.84 Å². The van der Waals surface area contributed by atoms with Gasteiger partial charge in [0.2, 0.25) is 0 Å². The molecule has 0 heterocycles. The van der Waals surface area contributed by atoms with Gasteiger partial charge in [0.1, 0.15) is 0 Å². The van der Waals surface area contributed by atoms with Crippen LogP contribution in [0.4, 0.5) is 5.69 Å². The molecule has 0 unspecified atom stereocenters. The Balaban J connectivity index is 2.18. The summed E-state index contributed by atoms with van der Waals surface area (Å²) in [5.41, 5.74) is 5.49. The van der Waals surface area contributed by atoms with Gasteiger partial charge in [0, 0.05) is 5.02 Å². The molecule has 0 atom stereocenters. The lowest BCUT2D eigenvalue weighted by Crippen LogP contribution is -1.94. The molecule has 0 bridgehead atoms. The zero-order chi connectivity index (χ0) is 15.4. The molecule has 0 aromatic heterocycles. The molecule has 2 N–H and O–H groups in total. The lowest BCUT2D eigenvalue weighted by atomic mass is 10.2. The molecule has 0 saturated heterocycles. The number of ether oxygens (including phenoxy) is 1. The van der Waals surface area contributed by atoms with E-state index in [0.717, 1.165) is 16.8 Å². The van der Waals surface area contributed by atoms with E-state index in [-0.39, 0.29) is 5.75 Å². The van der Waals surface area contributed by atoms with Crippen LogP contribution >= 0.6 is 27.5 Å². The first kappa shape index (κ1) is 15.7. The minimum absolute atomic E-state index is 0.0632. The molecule has 21 heavy (non-hydrogen) atoms. The van der Waals surface area contributed by atoms with E-state index in [1.807, 2.05) is 25.1 Å². The molecule has 0 spiro atoms. The topological polar surface area (TPSA) is 53.8 Å². The molecule has 0 aliphatic carbocycles. The number of phenols is 1. The van der Waals surface area contributed by atoms with Crippen LogP contribution in [-0.2, 0) is 0 Å². The molecule has 0 radical (unpaired) electrons. The van der Waals surface area contributed by atoms with Gasteiger partial charge in [-0.25, -0.2) is 0 Å². The predicted octanol–water partition coefficient (Wildman–Crippen LogP) is 4.57. The third-order valence-electron chi connectivity index (χ3n) is 2.94. The van der Waals surface area contributed by atoms with E-state index in [0.29, 0.717) is 15.2 Å². The van der Waals surface area contributed by atoms with E-state index in [4.69, 9.17) is 16.3 Å². The number of aromatic hydroxyl groups is 1. The van der Waals surface area contributed by atoms with Crippen molar-refractivity contribution >= 4 is 39.4 Å². The minimum atomic E-state index is 0.0632. The smallest absolute Gasteiger partial charge is 0.172 e.